The third-order valence-electron chi connectivity index (χ3n) is 4.96. The summed E-state index contributed by atoms with van der Waals surface area (Å²) in [4.78, 5) is 28.3. The first-order chi connectivity index (χ1) is 13.7. The maximum absolute atomic E-state index is 12.4. The van der Waals surface area contributed by atoms with Crippen molar-refractivity contribution in [2.75, 3.05) is 39.5 Å². The molecule has 0 N–H and O–H groups in total. The summed E-state index contributed by atoms with van der Waals surface area (Å²) < 4.78 is 12.2. The van der Waals surface area contributed by atoms with E-state index in [-0.39, 0.29) is 31.0 Å². The van der Waals surface area contributed by atoms with Crippen LogP contribution in [0.2, 0.25) is 0 Å². The monoisotopic (exact) mass is 385 g/mol. The summed E-state index contributed by atoms with van der Waals surface area (Å²) in [6.07, 6.45) is 1.73. The zero-order valence-electron chi connectivity index (χ0n) is 15.6. The van der Waals surface area contributed by atoms with Crippen LogP contribution >= 0.6 is 0 Å². The highest BCUT2D eigenvalue weighted by Gasteiger charge is 2.30. The van der Waals surface area contributed by atoms with Crippen LogP contribution in [0.5, 0.6) is 0 Å². The minimum absolute atomic E-state index is 0.00985. The third-order valence-corrected chi connectivity index (χ3v) is 4.96. The molecule has 3 heterocycles. The van der Waals surface area contributed by atoms with Crippen molar-refractivity contribution in [2.45, 2.75) is 19.1 Å². The molecule has 1 aromatic heterocycles. The van der Waals surface area contributed by atoms with Gasteiger partial charge in [-0.25, -0.2) is 4.68 Å². The zero-order valence-corrected chi connectivity index (χ0v) is 15.6. The molecule has 0 aliphatic carbocycles. The molecule has 1 aromatic carbocycles. The minimum Gasteiger partial charge on any atom is -0.378 e. The molecule has 2 aliphatic heterocycles. The molecule has 0 spiro atoms. The number of amides is 2. The van der Waals surface area contributed by atoms with E-state index in [4.69, 9.17) is 9.47 Å². The van der Waals surface area contributed by atoms with Crippen LogP contribution in [0, 0.1) is 0 Å². The van der Waals surface area contributed by atoms with E-state index in [1.165, 1.54) is 4.68 Å². The number of morpholine rings is 2. The Morgan fingerprint density at radius 2 is 1.93 bits per heavy atom. The van der Waals surface area contributed by atoms with Gasteiger partial charge in [0, 0.05) is 13.1 Å². The number of benzene rings is 1. The first kappa shape index (κ1) is 18.6. The molecule has 2 aromatic rings. The highest BCUT2D eigenvalue weighted by atomic mass is 16.5. The molecule has 0 saturated carbocycles. The van der Waals surface area contributed by atoms with Crippen molar-refractivity contribution in [3.05, 3.63) is 47.8 Å². The van der Waals surface area contributed by atoms with Gasteiger partial charge in [0.2, 0.25) is 11.8 Å². The molecular weight excluding hydrogens is 362 g/mol. The summed E-state index contributed by atoms with van der Waals surface area (Å²) in [5.41, 5.74) is 1.66. The lowest BCUT2D eigenvalue weighted by Gasteiger charge is -2.35. The molecule has 4 rings (SSSR count). The summed E-state index contributed by atoms with van der Waals surface area (Å²) in [5, 5.41) is 8.21. The van der Waals surface area contributed by atoms with Crippen LogP contribution in [0.4, 0.5) is 0 Å². The van der Waals surface area contributed by atoms with Crippen molar-refractivity contribution in [2.24, 2.45) is 0 Å². The van der Waals surface area contributed by atoms with Gasteiger partial charge >= 0.3 is 0 Å². The first-order valence-corrected chi connectivity index (χ1v) is 9.37. The predicted molar refractivity (Wildman–Crippen MR) is 98.0 cm³/mol. The van der Waals surface area contributed by atoms with Crippen molar-refractivity contribution in [3.8, 4) is 0 Å². The Bertz CT molecular complexity index is 819. The fraction of sp³-hybridized carbons (Fsp3) is 0.474. The number of aromatic nitrogens is 3. The molecule has 2 amide bonds. The van der Waals surface area contributed by atoms with Gasteiger partial charge in [-0.1, -0.05) is 35.5 Å². The van der Waals surface area contributed by atoms with Crippen LogP contribution in [0.25, 0.3) is 0 Å². The van der Waals surface area contributed by atoms with E-state index in [1.54, 1.807) is 16.0 Å². The highest BCUT2D eigenvalue weighted by Crippen LogP contribution is 2.26. The quantitative estimate of drug-likeness (QED) is 0.732. The molecular formula is C19H23N5O4. The number of rotatable bonds is 5. The smallest absolute Gasteiger partial charge is 0.249 e. The van der Waals surface area contributed by atoms with Crippen molar-refractivity contribution in [1.82, 2.24) is 24.8 Å². The fourth-order valence-corrected chi connectivity index (χ4v) is 3.47. The van der Waals surface area contributed by atoms with E-state index in [0.29, 0.717) is 45.1 Å². The molecule has 9 heteroatoms. The van der Waals surface area contributed by atoms with E-state index in [2.05, 4.69) is 10.3 Å². The van der Waals surface area contributed by atoms with Crippen LogP contribution in [0.1, 0.15) is 17.3 Å². The lowest BCUT2D eigenvalue weighted by atomic mass is 10.0. The fourth-order valence-electron chi connectivity index (χ4n) is 3.47. The summed E-state index contributed by atoms with van der Waals surface area (Å²) in [5.74, 6) is -0.0941. The van der Waals surface area contributed by atoms with Gasteiger partial charge in [0.15, 0.2) is 0 Å². The lowest BCUT2D eigenvalue weighted by Crippen LogP contribution is -2.43. The Morgan fingerprint density at radius 3 is 2.71 bits per heavy atom. The SMILES string of the molecule is O=C(Cn1cc(CN2C(=O)COC[C@H]2c2ccccc2)nn1)N1CCOCC1. The first-order valence-electron chi connectivity index (χ1n) is 9.37. The van der Waals surface area contributed by atoms with Crippen LogP contribution in [-0.2, 0) is 32.2 Å². The minimum atomic E-state index is -0.164. The zero-order chi connectivity index (χ0) is 19.3. The summed E-state index contributed by atoms with van der Waals surface area (Å²) in [7, 11) is 0. The van der Waals surface area contributed by atoms with E-state index in [0.717, 1.165) is 5.56 Å². The van der Waals surface area contributed by atoms with Gasteiger partial charge in [-0.3, -0.25) is 9.59 Å². The van der Waals surface area contributed by atoms with Gasteiger partial charge in [-0.2, -0.15) is 0 Å². The van der Waals surface area contributed by atoms with Gasteiger partial charge in [0.1, 0.15) is 18.8 Å². The van der Waals surface area contributed by atoms with Crippen LogP contribution in [0.3, 0.4) is 0 Å². The summed E-state index contributed by atoms with van der Waals surface area (Å²) in [6, 6.07) is 9.63. The number of hydrogen-bond donors (Lipinski definition) is 0. The van der Waals surface area contributed by atoms with Gasteiger partial charge in [-0.05, 0) is 5.56 Å². The van der Waals surface area contributed by atoms with E-state index in [9.17, 15) is 9.59 Å². The number of ether oxygens (including phenoxy) is 2. The lowest BCUT2D eigenvalue weighted by molar-refractivity contribution is -0.149. The van der Waals surface area contributed by atoms with Crippen LogP contribution in [-0.4, -0.2) is 76.1 Å². The molecule has 2 saturated heterocycles. The topological polar surface area (TPSA) is 89.8 Å². The van der Waals surface area contributed by atoms with Crippen molar-refractivity contribution >= 4 is 11.8 Å². The molecule has 0 unspecified atom stereocenters. The number of nitrogens with zero attached hydrogens (tertiary/aromatic N) is 5. The molecule has 148 valence electrons. The molecule has 9 nitrogen and oxygen atoms in total. The van der Waals surface area contributed by atoms with Crippen LogP contribution in [0.15, 0.2) is 36.5 Å². The van der Waals surface area contributed by atoms with Crippen LogP contribution < -0.4 is 0 Å². The normalized spacial score (nSPS) is 20.4. The number of carbonyl (C=O) groups excluding carboxylic acids is 2. The maximum atomic E-state index is 12.4. The van der Waals surface area contributed by atoms with Crippen molar-refractivity contribution in [3.63, 3.8) is 0 Å². The van der Waals surface area contributed by atoms with Gasteiger partial charge < -0.3 is 19.3 Å². The average Bonchev–Trinajstić information content (AvgIpc) is 3.17. The molecule has 2 fully saturated rings. The Kier molecular flexibility index (Phi) is 5.63. The van der Waals surface area contributed by atoms with E-state index >= 15 is 0 Å². The maximum Gasteiger partial charge on any atom is 0.249 e. The molecule has 2 aliphatic rings. The number of carbonyl (C=O) groups is 2. The Labute approximate surface area is 162 Å². The Morgan fingerprint density at radius 1 is 1.14 bits per heavy atom. The largest absolute Gasteiger partial charge is 0.378 e. The Hall–Kier alpha value is -2.78. The van der Waals surface area contributed by atoms with E-state index < -0.39 is 0 Å². The summed E-state index contributed by atoms with van der Waals surface area (Å²) >= 11 is 0. The predicted octanol–water partition coefficient (Wildman–Crippen LogP) is 0.237. The highest BCUT2D eigenvalue weighted by molar-refractivity contribution is 5.78. The molecule has 1 atom stereocenters. The second kappa shape index (κ2) is 8.49. The number of hydrogen-bond acceptors (Lipinski definition) is 6. The third kappa shape index (κ3) is 4.20. The standard InChI is InChI=1S/C19H23N5O4/c25-18(22-6-8-27-9-7-22)12-23-10-16(20-21-23)11-24-17(13-28-14-19(24)26)15-4-2-1-3-5-15/h1-5,10,17H,6-9,11-14H2/t17-/m0/s1. The Balaban J connectivity index is 1.43. The molecule has 0 bridgehead atoms. The molecule has 0 radical (unpaired) electrons. The van der Waals surface area contributed by atoms with Gasteiger partial charge in [0.05, 0.1) is 38.6 Å². The van der Waals surface area contributed by atoms with Gasteiger partial charge in [0.25, 0.3) is 0 Å². The van der Waals surface area contributed by atoms with E-state index in [1.807, 2.05) is 30.3 Å². The molecule has 28 heavy (non-hydrogen) atoms. The second-order valence-corrected chi connectivity index (χ2v) is 6.86. The average molecular weight is 385 g/mol. The summed E-state index contributed by atoms with van der Waals surface area (Å²) in [6.45, 7) is 3.29. The van der Waals surface area contributed by atoms with Crippen molar-refractivity contribution < 1.29 is 19.1 Å². The second-order valence-electron chi connectivity index (χ2n) is 6.86. The van der Waals surface area contributed by atoms with Crippen molar-refractivity contribution in [1.29, 1.82) is 0 Å². The van der Waals surface area contributed by atoms with Gasteiger partial charge in [-0.15, -0.1) is 5.10 Å².